The number of rotatable bonds is 7. The van der Waals surface area contributed by atoms with Gasteiger partial charge in [-0.2, -0.15) is 0 Å². The van der Waals surface area contributed by atoms with E-state index in [9.17, 15) is 18.7 Å². The standard InChI is InChI=1S/C26H27F2N5O2/c1-24(35)13-26(14-24,23(29)34)17-5-2-4-16(10-17)20-7-8-21(33-32-20)31-15-25(11-18(27)12-25)22-19(28)6-3-9-30-22/h2-10,18,35H,11-15H2,1H3,(H2,29,34)(H,31,33). The Labute approximate surface area is 201 Å². The molecule has 3 aromatic rings. The molecule has 9 heteroatoms. The number of amides is 1. The highest BCUT2D eigenvalue weighted by Crippen LogP contribution is 2.50. The lowest BCUT2D eigenvalue weighted by atomic mass is 9.56. The van der Waals surface area contributed by atoms with Crippen molar-refractivity contribution in [2.45, 2.75) is 55.2 Å². The highest BCUT2D eigenvalue weighted by Gasteiger charge is 2.56. The molecule has 0 bridgehead atoms. The van der Waals surface area contributed by atoms with Crippen molar-refractivity contribution >= 4 is 11.7 Å². The van der Waals surface area contributed by atoms with Crippen molar-refractivity contribution in [2.75, 3.05) is 11.9 Å². The summed E-state index contributed by atoms with van der Waals surface area (Å²) in [5.41, 5.74) is 5.52. The van der Waals surface area contributed by atoms with E-state index in [1.807, 2.05) is 24.3 Å². The van der Waals surface area contributed by atoms with Crippen LogP contribution in [0.5, 0.6) is 0 Å². The van der Waals surface area contributed by atoms with Gasteiger partial charge in [0.2, 0.25) is 5.91 Å². The van der Waals surface area contributed by atoms with E-state index in [1.165, 1.54) is 18.3 Å². The number of aliphatic hydroxyl groups is 1. The fourth-order valence-corrected chi connectivity index (χ4v) is 5.57. The molecule has 0 spiro atoms. The van der Waals surface area contributed by atoms with Crippen LogP contribution in [0.4, 0.5) is 14.6 Å². The van der Waals surface area contributed by atoms with Crippen molar-refractivity contribution < 1.29 is 18.7 Å². The number of alkyl halides is 1. The van der Waals surface area contributed by atoms with Gasteiger partial charge in [0.25, 0.3) is 0 Å². The molecule has 35 heavy (non-hydrogen) atoms. The van der Waals surface area contributed by atoms with Crippen LogP contribution in [0.3, 0.4) is 0 Å². The Morgan fingerprint density at radius 2 is 1.94 bits per heavy atom. The quantitative estimate of drug-likeness (QED) is 0.479. The first-order chi connectivity index (χ1) is 16.6. The SMILES string of the molecule is CC1(O)CC(C(N)=O)(c2cccc(-c3ccc(NCC4(c5ncccc5F)CC(F)C4)nn3)c2)C1. The number of nitrogens with zero attached hydrogens (tertiary/aromatic N) is 3. The molecule has 4 N–H and O–H groups in total. The molecule has 0 atom stereocenters. The Balaban J connectivity index is 1.32. The summed E-state index contributed by atoms with van der Waals surface area (Å²) >= 11 is 0. The molecule has 2 heterocycles. The van der Waals surface area contributed by atoms with E-state index in [0.29, 0.717) is 11.5 Å². The van der Waals surface area contributed by atoms with Gasteiger partial charge in [-0.3, -0.25) is 9.78 Å². The maximum atomic E-state index is 14.4. The number of aromatic nitrogens is 3. The average molecular weight is 480 g/mol. The molecule has 182 valence electrons. The minimum atomic E-state index is -0.984. The summed E-state index contributed by atoms with van der Waals surface area (Å²) in [6.45, 7) is 1.98. The zero-order valence-corrected chi connectivity index (χ0v) is 19.3. The van der Waals surface area contributed by atoms with E-state index in [2.05, 4.69) is 20.5 Å². The Hall–Kier alpha value is -3.46. The van der Waals surface area contributed by atoms with Crippen LogP contribution in [0, 0.1) is 5.82 Å². The lowest BCUT2D eigenvalue weighted by Gasteiger charge is -2.50. The fraction of sp³-hybridized carbons (Fsp3) is 0.385. The Bertz CT molecular complexity index is 1250. The first kappa shape index (κ1) is 23.3. The van der Waals surface area contributed by atoms with Crippen LogP contribution in [0.2, 0.25) is 0 Å². The summed E-state index contributed by atoms with van der Waals surface area (Å²) in [5.74, 6) is -0.424. The zero-order chi connectivity index (χ0) is 24.8. The number of halogens is 2. The van der Waals surface area contributed by atoms with Gasteiger partial charge in [0.05, 0.1) is 22.4 Å². The van der Waals surface area contributed by atoms with E-state index in [4.69, 9.17) is 5.73 Å². The molecule has 7 nitrogen and oxygen atoms in total. The molecule has 1 aromatic carbocycles. The number of hydrogen-bond donors (Lipinski definition) is 3. The zero-order valence-electron chi connectivity index (χ0n) is 19.3. The molecule has 2 aliphatic rings. The molecule has 1 amide bonds. The maximum Gasteiger partial charge on any atom is 0.228 e. The third-order valence-corrected chi connectivity index (χ3v) is 7.31. The van der Waals surface area contributed by atoms with Crippen molar-refractivity contribution in [3.8, 4) is 11.3 Å². The molecular formula is C26H27F2N5O2. The van der Waals surface area contributed by atoms with Gasteiger partial charge < -0.3 is 16.2 Å². The van der Waals surface area contributed by atoms with Gasteiger partial charge >= 0.3 is 0 Å². The van der Waals surface area contributed by atoms with Gasteiger partial charge in [-0.05, 0) is 68.5 Å². The van der Waals surface area contributed by atoms with Crippen LogP contribution in [0.15, 0.2) is 54.7 Å². The Morgan fingerprint density at radius 1 is 1.17 bits per heavy atom. The van der Waals surface area contributed by atoms with Crippen LogP contribution in [-0.2, 0) is 15.6 Å². The highest BCUT2D eigenvalue weighted by molar-refractivity contribution is 5.89. The predicted molar refractivity (Wildman–Crippen MR) is 127 cm³/mol. The topological polar surface area (TPSA) is 114 Å². The number of carbonyl (C=O) groups excluding carboxylic acids is 1. The lowest BCUT2D eigenvalue weighted by Crippen LogP contribution is -2.59. The number of benzene rings is 1. The normalized spacial score (nSPS) is 29.7. The minimum absolute atomic E-state index is 0.195. The first-order valence-corrected chi connectivity index (χ1v) is 11.6. The molecule has 0 saturated heterocycles. The van der Waals surface area contributed by atoms with Gasteiger partial charge in [-0.15, -0.1) is 10.2 Å². The minimum Gasteiger partial charge on any atom is -0.390 e. The van der Waals surface area contributed by atoms with Gasteiger partial charge in [-0.25, -0.2) is 8.78 Å². The van der Waals surface area contributed by atoms with E-state index in [0.717, 1.165) is 11.1 Å². The number of nitrogens with two attached hydrogens (primary N) is 1. The van der Waals surface area contributed by atoms with Crippen molar-refractivity contribution in [1.29, 1.82) is 0 Å². The summed E-state index contributed by atoms with van der Waals surface area (Å²) in [4.78, 5) is 16.4. The van der Waals surface area contributed by atoms with Crippen molar-refractivity contribution in [2.24, 2.45) is 5.73 Å². The first-order valence-electron chi connectivity index (χ1n) is 11.6. The maximum absolute atomic E-state index is 14.4. The van der Waals surface area contributed by atoms with Crippen LogP contribution >= 0.6 is 0 Å². The molecular weight excluding hydrogens is 452 g/mol. The molecule has 2 aliphatic carbocycles. The van der Waals surface area contributed by atoms with Crippen molar-refractivity contribution in [3.63, 3.8) is 0 Å². The third kappa shape index (κ3) is 4.14. The van der Waals surface area contributed by atoms with Crippen molar-refractivity contribution in [1.82, 2.24) is 15.2 Å². The molecule has 0 aliphatic heterocycles. The van der Waals surface area contributed by atoms with Gasteiger partial charge in [0.1, 0.15) is 17.8 Å². The average Bonchev–Trinajstić information content (AvgIpc) is 2.80. The predicted octanol–water partition coefficient (Wildman–Crippen LogP) is 3.43. The smallest absolute Gasteiger partial charge is 0.228 e. The van der Waals surface area contributed by atoms with E-state index >= 15 is 0 Å². The monoisotopic (exact) mass is 479 g/mol. The van der Waals surface area contributed by atoms with Crippen LogP contribution in [-0.4, -0.2) is 44.5 Å². The number of anilines is 1. The van der Waals surface area contributed by atoms with Crippen LogP contribution < -0.4 is 11.1 Å². The number of hydrogen-bond acceptors (Lipinski definition) is 6. The second-order valence-electron chi connectivity index (χ2n) is 10.2. The van der Waals surface area contributed by atoms with Crippen molar-refractivity contribution in [3.05, 3.63) is 71.8 Å². The van der Waals surface area contributed by atoms with Gasteiger partial charge in [-0.1, -0.05) is 18.2 Å². The Morgan fingerprint density at radius 3 is 2.54 bits per heavy atom. The molecule has 2 fully saturated rings. The number of carbonyl (C=O) groups is 1. The molecule has 0 radical (unpaired) electrons. The fourth-order valence-electron chi connectivity index (χ4n) is 5.57. The number of pyridine rings is 1. The highest BCUT2D eigenvalue weighted by atomic mass is 19.1. The van der Waals surface area contributed by atoms with E-state index in [1.54, 1.807) is 19.1 Å². The lowest BCUT2D eigenvalue weighted by molar-refractivity contribution is -0.141. The van der Waals surface area contributed by atoms with E-state index < -0.39 is 34.3 Å². The summed E-state index contributed by atoms with van der Waals surface area (Å²) in [5, 5.41) is 21.9. The third-order valence-electron chi connectivity index (χ3n) is 7.31. The Kier molecular flexibility index (Phi) is 5.55. The summed E-state index contributed by atoms with van der Waals surface area (Å²) in [6, 6.07) is 13.8. The van der Waals surface area contributed by atoms with Gasteiger partial charge in [0, 0.05) is 23.7 Å². The molecule has 0 unspecified atom stereocenters. The molecule has 2 saturated carbocycles. The second-order valence-corrected chi connectivity index (χ2v) is 10.2. The molecule has 2 aromatic heterocycles. The van der Waals surface area contributed by atoms with Crippen LogP contribution in [0.25, 0.3) is 11.3 Å². The molecule has 5 rings (SSSR count). The summed E-state index contributed by atoms with van der Waals surface area (Å²) in [7, 11) is 0. The number of nitrogens with one attached hydrogen (secondary N) is 1. The number of primary amides is 1. The summed E-state index contributed by atoms with van der Waals surface area (Å²) in [6.07, 6.45) is 1.46. The summed E-state index contributed by atoms with van der Waals surface area (Å²) < 4.78 is 28.1. The largest absolute Gasteiger partial charge is 0.390 e. The van der Waals surface area contributed by atoms with Crippen LogP contribution in [0.1, 0.15) is 43.9 Å². The van der Waals surface area contributed by atoms with E-state index in [-0.39, 0.29) is 37.9 Å². The van der Waals surface area contributed by atoms with Gasteiger partial charge in [0.15, 0.2) is 0 Å². The second kappa shape index (κ2) is 8.34.